The number of aliphatic imine (C=N–C) groups is 1. The molecule has 0 spiro atoms. The monoisotopic (exact) mass is 423 g/mol. The van der Waals surface area contributed by atoms with Crippen molar-refractivity contribution in [1.82, 2.24) is 10.6 Å². The number of anilines is 1. The minimum Gasteiger partial charge on any atom is -0.368 e. The Balaban J connectivity index is 1.47. The molecule has 7 heteroatoms. The first-order valence-corrected chi connectivity index (χ1v) is 11.8. The van der Waals surface area contributed by atoms with Crippen molar-refractivity contribution < 1.29 is 4.21 Å². The molecule has 1 heterocycles. The topological polar surface area (TPSA) is 80.5 Å². The van der Waals surface area contributed by atoms with Crippen LogP contribution in [0.5, 0.6) is 0 Å². The van der Waals surface area contributed by atoms with Crippen LogP contribution in [0.4, 0.5) is 5.69 Å². The molecular weight excluding hydrogens is 394 g/mol. The summed E-state index contributed by atoms with van der Waals surface area (Å²) in [7, 11) is 0.837. The fourth-order valence-corrected chi connectivity index (χ4v) is 4.70. The summed E-state index contributed by atoms with van der Waals surface area (Å²) >= 11 is 0. The molecule has 1 aliphatic rings. The molecule has 0 bridgehead atoms. The molecule has 158 valence electrons. The molecule has 0 saturated carbocycles. The van der Waals surface area contributed by atoms with Crippen LogP contribution in [0.2, 0.25) is 0 Å². The molecule has 1 fully saturated rings. The quantitative estimate of drug-likeness (QED) is 0.529. The molecule has 3 rings (SSSR count). The Bertz CT molecular complexity index is 909. The van der Waals surface area contributed by atoms with Gasteiger partial charge in [0.2, 0.25) is 0 Å². The van der Waals surface area contributed by atoms with Crippen molar-refractivity contribution >= 4 is 22.4 Å². The van der Waals surface area contributed by atoms with Crippen LogP contribution in [0, 0.1) is 11.3 Å². The predicted octanol–water partition coefficient (Wildman–Crippen LogP) is 2.64. The van der Waals surface area contributed by atoms with Gasteiger partial charge in [-0.25, -0.2) is 0 Å². The van der Waals surface area contributed by atoms with Crippen LogP contribution in [0.3, 0.4) is 0 Å². The Morgan fingerprint density at radius 1 is 1.23 bits per heavy atom. The van der Waals surface area contributed by atoms with Crippen molar-refractivity contribution in [2.24, 2.45) is 4.99 Å². The number of nitrogens with zero attached hydrogens (tertiary/aromatic N) is 3. The summed E-state index contributed by atoms with van der Waals surface area (Å²) in [5.74, 6) is 1.87. The molecule has 0 aliphatic carbocycles. The van der Waals surface area contributed by atoms with E-state index >= 15 is 0 Å². The molecule has 0 radical (unpaired) electrons. The van der Waals surface area contributed by atoms with Gasteiger partial charge < -0.3 is 15.5 Å². The van der Waals surface area contributed by atoms with Crippen LogP contribution in [0.1, 0.15) is 24.0 Å². The van der Waals surface area contributed by atoms with Gasteiger partial charge >= 0.3 is 0 Å². The van der Waals surface area contributed by atoms with Crippen LogP contribution >= 0.6 is 0 Å². The van der Waals surface area contributed by atoms with Crippen LogP contribution in [0.25, 0.3) is 0 Å². The predicted molar refractivity (Wildman–Crippen MR) is 124 cm³/mol. The van der Waals surface area contributed by atoms with E-state index in [1.807, 2.05) is 54.6 Å². The first-order chi connectivity index (χ1) is 14.7. The third-order valence-electron chi connectivity index (χ3n) is 5.14. The van der Waals surface area contributed by atoms with Gasteiger partial charge in [0.1, 0.15) is 6.07 Å². The number of piperidine rings is 1. The number of benzene rings is 2. The summed E-state index contributed by atoms with van der Waals surface area (Å²) in [5, 5.41) is 16.2. The lowest BCUT2D eigenvalue weighted by molar-refractivity contribution is 0.468. The second-order valence-corrected chi connectivity index (χ2v) is 8.91. The van der Waals surface area contributed by atoms with Crippen molar-refractivity contribution in [2.45, 2.75) is 24.6 Å². The van der Waals surface area contributed by atoms with E-state index in [4.69, 9.17) is 0 Å². The van der Waals surface area contributed by atoms with Gasteiger partial charge in [-0.05, 0) is 30.5 Å². The highest BCUT2D eigenvalue weighted by molar-refractivity contribution is 7.84. The third kappa shape index (κ3) is 6.33. The van der Waals surface area contributed by atoms with E-state index in [0.717, 1.165) is 43.1 Å². The van der Waals surface area contributed by atoms with Crippen molar-refractivity contribution in [1.29, 1.82) is 5.26 Å². The first kappa shape index (κ1) is 21.8. The van der Waals surface area contributed by atoms with E-state index in [9.17, 15) is 9.47 Å². The number of guanidine groups is 1. The average Bonchev–Trinajstić information content (AvgIpc) is 2.79. The Morgan fingerprint density at radius 3 is 2.77 bits per heavy atom. The van der Waals surface area contributed by atoms with Crippen LogP contribution in [-0.2, 0) is 16.6 Å². The number of hydrogen-bond donors (Lipinski definition) is 2. The lowest BCUT2D eigenvalue weighted by atomic mass is 10.0. The third-order valence-corrected chi connectivity index (χ3v) is 6.46. The largest absolute Gasteiger partial charge is 0.368 e. The number of nitrogens with one attached hydrogen (secondary N) is 2. The maximum atomic E-state index is 12.3. The van der Waals surface area contributed by atoms with E-state index in [-0.39, 0.29) is 6.04 Å². The Morgan fingerprint density at radius 2 is 2.00 bits per heavy atom. The number of para-hydroxylation sites is 1. The normalized spacial score (nSPS) is 17.8. The van der Waals surface area contributed by atoms with Crippen molar-refractivity contribution in [3.63, 3.8) is 0 Å². The molecule has 1 saturated heterocycles. The smallest absolute Gasteiger partial charge is 0.191 e. The molecule has 30 heavy (non-hydrogen) atoms. The summed E-state index contributed by atoms with van der Waals surface area (Å²) in [6.45, 7) is 2.37. The second-order valence-electron chi connectivity index (χ2n) is 7.33. The molecule has 0 amide bonds. The summed E-state index contributed by atoms with van der Waals surface area (Å²) in [6, 6.07) is 20.2. The molecule has 1 aliphatic heterocycles. The fraction of sp³-hybridized carbons (Fsp3) is 0.391. The minimum absolute atomic E-state index is 0.242. The van der Waals surface area contributed by atoms with E-state index in [2.05, 4.69) is 26.6 Å². The highest BCUT2D eigenvalue weighted by Crippen LogP contribution is 2.23. The van der Waals surface area contributed by atoms with Gasteiger partial charge in [-0.2, -0.15) is 5.26 Å². The zero-order valence-electron chi connectivity index (χ0n) is 17.4. The van der Waals surface area contributed by atoms with E-state index < -0.39 is 10.8 Å². The lowest BCUT2D eigenvalue weighted by Crippen LogP contribution is -2.51. The minimum atomic E-state index is -0.915. The SMILES string of the molecule is CN=C(NCCS(=O)Cc1ccccc1)NC1CCCN(c2ccccc2C#N)C1. The van der Waals surface area contributed by atoms with Crippen LogP contribution < -0.4 is 15.5 Å². The van der Waals surface area contributed by atoms with E-state index in [0.29, 0.717) is 23.6 Å². The van der Waals surface area contributed by atoms with Crippen LogP contribution in [-0.4, -0.2) is 48.6 Å². The van der Waals surface area contributed by atoms with Crippen molar-refractivity contribution in [3.8, 4) is 6.07 Å². The van der Waals surface area contributed by atoms with Crippen molar-refractivity contribution in [3.05, 3.63) is 65.7 Å². The number of rotatable bonds is 7. The molecule has 0 aromatic heterocycles. The Hall–Kier alpha value is -2.85. The maximum Gasteiger partial charge on any atom is 0.191 e. The molecule has 2 N–H and O–H groups in total. The molecule has 2 unspecified atom stereocenters. The molecular formula is C23H29N5OS. The summed E-state index contributed by atoms with van der Waals surface area (Å²) < 4.78 is 12.3. The lowest BCUT2D eigenvalue weighted by Gasteiger charge is -2.35. The zero-order valence-corrected chi connectivity index (χ0v) is 18.2. The van der Waals surface area contributed by atoms with Gasteiger partial charge in [0.25, 0.3) is 0 Å². The summed E-state index contributed by atoms with van der Waals surface area (Å²) in [4.78, 5) is 6.58. The second kappa shape index (κ2) is 11.4. The molecule has 2 atom stereocenters. The van der Waals surface area contributed by atoms with E-state index in [1.54, 1.807) is 7.05 Å². The Kier molecular flexibility index (Phi) is 8.28. The van der Waals surface area contributed by atoms with Gasteiger partial charge in [0.15, 0.2) is 5.96 Å². The summed E-state index contributed by atoms with van der Waals surface area (Å²) in [5.41, 5.74) is 2.80. The highest BCUT2D eigenvalue weighted by Gasteiger charge is 2.22. The molecule has 2 aromatic carbocycles. The van der Waals surface area contributed by atoms with Crippen molar-refractivity contribution in [2.75, 3.05) is 37.3 Å². The average molecular weight is 424 g/mol. The summed E-state index contributed by atoms with van der Waals surface area (Å²) in [6.07, 6.45) is 2.10. The number of nitriles is 1. The van der Waals surface area contributed by atoms with Crippen LogP contribution in [0.15, 0.2) is 59.6 Å². The van der Waals surface area contributed by atoms with E-state index in [1.165, 1.54) is 0 Å². The zero-order chi connectivity index (χ0) is 21.2. The van der Waals surface area contributed by atoms with Gasteiger partial charge in [-0.15, -0.1) is 0 Å². The first-order valence-electron chi connectivity index (χ1n) is 10.3. The fourth-order valence-electron chi connectivity index (χ4n) is 3.66. The molecule has 2 aromatic rings. The maximum absolute atomic E-state index is 12.3. The van der Waals surface area contributed by atoms with Gasteiger partial charge in [0.05, 0.1) is 11.3 Å². The highest BCUT2D eigenvalue weighted by atomic mass is 32.2. The standard InChI is InChI=1S/C23H29N5OS/c1-25-23(26-13-15-30(29)18-19-8-3-2-4-9-19)27-21-11-7-14-28(17-21)22-12-6-5-10-20(22)16-24/h2-6,8-10,12,21H,7,11,13-15,17-18H2,1H3,(H2,25,26,27). The van der Waals surface area contributed by atoms with Gasteiger partial charge in [-0.3, -0.25) is 9.20 Å². The van der Waals surface area contributed by atoms with Gasteiger partial charge in [-0.1, -0.05) is 42.5 Å². The number of hydrogen-bond acceptors (Lipinski definition) is 4. The Labute approximate surface area is 181 Å². The van der Waals surface area contributed by atoms with Gasteiger partial charge in [0, 0.05) is 55.0 Å². The molecule has 6 nitrogen and oxygen atoms in total.